The minimum atomic E-state index is 0.0786. The van der Waals surface area contributed by atoms with Gasteiger partial charge in [-0.1, -0.05) is 65.8 Å². The number of aryl methyl sites for hydroxylation is 2. The fourth-order valence-electron chi connectivity index (χ4n) is 7.09. The highest BCUT2D eigenvalue weighted by atomic mass is 15.1. The second-order valence-electron chi connectivity index (χ2n) is 14.2. The molecule has 3 aliphatic heterocycles. The van der Waals surface area contributed by atoms with Crippen LogP contribution < -0.4 is 0 Å². The number of imidazole rings is 2. The number of rotatable bonds is 1. The first-order chi connectivity index (χ1) is 20.1. The van der Waals surface area contributed by atoms with E-state index in [9.17, 15) is 0 Å². The number of para-hydroxylation sites is 2. The highest BCUT2D eigenvalue weighted by molar-refractivity contribution is 6.04. The minimum Gasteiger partial charge on any atom is -0.324 e. The molecule has 2 aromatic carbocycles. The first-order valence-corrected chi connectivity index (χ1v) is 15.4. The lowest BCUT2D eigenvalue weighted by Gasteiger charge is -2.29. The van der Waals surface area contributed by atoms with E-state index >= 15 is 0 Å². The van der Waals surface area contributed by atoms with Crippen molar-refractivity contribution in [3.8, 4) is 11.1 Å². The van der Waals surface area contributed by atoms with Crippen LogP contribution in [0.5, 0.6) is 0 Å². The summed E-state index contributed by atoms with van der Waals surface area (Å²) in [4.78, 5) is 20.9. The van der Waals surface area contributed by atoms with Crippen molar-refractivity contribution < 1.29 is 0 Å². The van der Waals surface area contributed by atoms with Crippen LogP contribution in [0, 0.1) is 10.8 Å². The molecule has 3 aliphatic rings. The van der Waals surface area contributed by atoms with E-state index in [1.54, 1.807) is 0 Å². The molecule has 6 heteroatoms. The Kier molecular flexibility index (Phi) is 5.33. The lowest BCUT2D eigenvalue weighted by molar-refractivity contribution is 0.568. The van der Waals surface area contributed by atoms with Gasteiger partial charge in [-0.2, -0.15) is 0 Å². The lowest BCUT2D eigenvalue weighted by atomic mass is 9.83. The third-order valence-corrected chi connectivity index (χ3v) is 9.42. The molecule has 0 amide bonds. The summed E-state index contributed by atoms with van der Waals surface area (Å²) in [6, 6.07) is 15.3. The largest absolute Gasteiger partial charge is 0.324 e. The smallest absolute Gasteiger partial charge is 0.143 e. The lowest BCUT2D eigenvalue weighted by Crippen LogP contribution is -2.25. The number of allylic oxidation sites excluding steroid dienone is 2. The molecule has 8 rings (SSSR count). The van der Waals surface area contributed by atoms with Crippen LogP contribution in [0.2, 0.25) is 0 Å². The molecule has 0 saturated heterocycles. The molecule has 6 heterocycles. The Hall–Kier alpha value is -4.06. The maximum absolute atomic E-state index is 5.35. The standard InChI is InChI=1S/C36H38N6/c1-35(2,3)29-15-13-23-25(37-29)17-19-41-27-11-7-9-21(31(27)39-33(23)41)22-10-8-12-28-32(22)40-34-24-14-16-30(36(4,5)6)38-26(24)18-20-42(28)34/h7-12,17,19H,13-16,18,20H2,1-6H3. The molecule has 0 fully saturated rings. The predicted molar refractivity (Wildman–Crippen MR) is 174 cm³/mol. The van der Waals surface area contributed by atoms with E-state index < -0.39 is 0 Å². The van der Waals surface area contributed by atoms with Gasteiger partial charge >= 0.3 is 0 Å². The highest BCUT2D eigenvalue weighted by Gasteiger charge is 2.30. The van der Waals surface area contributed by atoms with Crippen molar-refractivity contribution in [3.63, 3.8) is 0 Å². The van der Waals surface area contributed by atoms with Crippen LogP contribution in [0.3, 0.4) is 0 Å². The zero-order valence-corrected chi connectivity index (χ0v) is 25.5. The van der Waals surface area contributed by atoms with E-state index in [4.69, 9.17) is 20.0 Å². The van der Waals surface area contributed by atoms with Crippen LogP contribution in [0.15, 0.2) is 64.3 Å². The summed E-state index contributed by atoms with van der Waals surface area (Å²) in [5, 5.41) is 0. The number of pyridine rings is 1. The fraction of sp³-hybridized carbons (Fsp3) is 0.389. The van der Waals surface area contributed by atoms with Gasteiger partial charge in [-0.05, 0) is 43.9 Å². The summed E-state index contributed by atoms with van der Waals surface area (Å²) in [5.41, 5.74) is 15.3. The molecule has 0 spiro atoms. The van der Waals surface area contributed by atoms with Gasteiger partial charge in [0.25, 0.3) is 0 Å². The third kappa shape index (κ3) is 3.77. The number of benzene rings is 2. The molecule has 0 unspecified atom stereocenters. The van der Waals surface area contributed by atoms with Gasteiger partial charge < -0.3 is 4.57 Å². The Bertz CT molecular complexity index is 2050. The molecule has 5 aromatic rings. The average molecular weight is 555 g/mol. The maximum atomic E-state index is 5.35. The van der Waals surface area contributed by atoms with Gasteiger partial charge in [0.1, 0.15) is 11.5 Å². The molecule has 212 valence electrons. The molecule has 0 N–H and O–H groups in total. The fourth-order valence-corrected chi connectivity index (χ4v) is 7.09. The summed E-state index contributed by atoms with van der Waals surface area (Å²) in [7, 11) is 0. The van der Waals surface area contributed by atoms with Crippen molar-refractivity contribution in [2.75, 3.05) is 0 Å². The normalized spacial score (nSPS) is 17.4. The zero-order valence-electron chi connectivity index (χ0n) is 25.5. The van der Waals surface area contributed by atoms with Crippen molar-refractivity contribution >= 4 is 50.4 Å². The number of fused-ring (bicyclic) bond motifs is 9. The van der Waals surface area contributed by atoms with Gasteiger partial charge in [0.2, 0.25) is 0 Å². The highest BCUT2D eigenvalue weighted by Crippen LogP contribution is 2.42. The van der Waals surface area contributed by atoms with E-state index in [1.165, 1.54) is 33.8 Å². The average Bonchev–Trinajstić information content (AvgIpc) is 3.54. The van der Waals surface area contributed by atoms with E-state index in [0.717, 1.165) is 83.5 Å². The SMILES string of the molecule is CC(C)(C)C1=NC2=C(CC1)c1nc3c(-c4cccc5c4nc4c6c(ccn45)N=C(C(C)(C)C)CC6)cccc3n1CC2. The monoisotopic (exact) mass is 554 g/mol. The molecule has 6 nitrogen and oxygen atoms in total. The Morgan fingerprint density at radius 3 is 2.07 bits per heavy atom. The van der Waals surface area contributed by atoms with Crippen molar-refractivity contribution in [2.45, 2.75) is 80.2 Å². The van der Waals surface area contributed by atoms with E-state index in [0.29, 0.717) is 0 Å². The van der Waals surface area contributed by atoms with Crippen LogP contribution in [0.1, 0.15) is 78.6 Å². The van der Waals surface area contributed by atoms with Crippen LogP contribution >= 0.6 is 0 Å². The van der Waals surface area contributed by atoms with Gasteiger partial charge in [-0.3, -0.25) is 14.4 Å². The maximum Gasteiger partial charge on any atom is 0.143 e. The van der Waals surface area contributed by atoms with Crippen molar-refractivity contribution in [1.82, 2.24) is 18.9 Å². The quantitative estimate of drug-likeness (QED) is 0.208. The molecular weight excluding hydrogens is 516 g/mol. The first-order valence-electron chi connectivity index (χ1n) is 15.4. The predicted octanol–water partition coefficient (Wildman–Crippen LogP) is 8.96. The number of hydrogen-bond donors (Lipinski definition) is 0. The molecule has 0 saturated carbocycles. The summed E-state index contributed by atoms with van der Waals surface area (Å²) in [6.45, 7) is 14.5. The second kappa shape index (κ2) is 8.73. The van der Waals surface area contributed by atoms with E-state index in [2.05, 4.69) is 99.2 Å². The minimum absolute atomic E-state index is 0.0786. The molecule has 3 aromatic heterocycles. The third-order valence-electron chi connectivity index (χ3n) is 9.42. The van der Waals surface area contributed by atoms with Crippen LogP contribution in [0.25, 0.3) is 44.4 Å². The Balaban J connectivity index is 1.30. The molecule has 0 atom stereocenters. The molecular formula is C36H38N6. The van der Waals surface area contributed by atoms with Gasteiger partial charge in [0.05, 0.1) is 27.8 Å². The molecule has 0 bridgehead atoms. The van der Waals surface area contributed by atoms with E-state index in [1.807, 2.05) is 0 Å². The number of aliphatic imine (C=N–C) groups is 2. The molecule has 0 radical (unpaired) electrons. The van der Waals surface area contributed by atoms with Crippen LogP contribution in [0.4, 0.5) is 5.69 Å². The zero-order chi connectivity index (χ0) is 29.0. The van der Waals surface area contributed by atoms with Gasteiger partial charge in [0, 0.05) is 69.4 Å². The summed E-state index contributed by atoms with van der Waals surface area (Å²) < 4.78 is 4.66. The van der Waals surface area contributed by atoms with Gasteiger partial charge in [-0.25, -0.2) is 9.97 Å². The van der Waals surface area contributed by atoms with E-state index in [-0.39, 0.29) is 10.8 Å². The van der Waals surface area contributed by atoms with Gasteiger partial charge in [0.15, 0.2) is 0 Å². The number of nitrogens with zero attached hydrogens (tertiary/aromatic N) is 6. The second-order valence-corrected chi connectivity index (χ2v) is 14.2. The summed E-state index contributed by atoms with van der Waals surface area (Å²) >= 11 is 0. The number of aromatic nitrogens is 4. The van der Waals surface area contributed by atoms with Crippen LogP contribution in [-0.4, -0.2) is 30.4 Å². The van der Waals surface area contributed by atoms with Crippen molar-refractivity contribution in [3.05, 3.63) is 65.7 Å². The summed E-state index contributed by atoms with van der Waals surface area (Å²) in [6.07, 6.45) is 7.06. The van der Waals surface area contributed by atoms with Gasteiger partial charge in [-0.15, -0.1) is 0 Å². The Morgan fingerprint density at radius 2 is 1.33 bits per heavy atom. The van der Waals surface area contributed by atoms with Crippen molar-refractivity contribution in [2.24, 2.45) is 20.8 Å². The first kappa shape index (κ1) is 25.6. The Morgan fingerprint density at radius 1 is 0.667 bits per heavy atom. The molecule has 42 heavy (non-hydrogen) atoms. The number of hydrogen-bond acceptors (Lipinski definition) is 4. The van der Waals surface area contributed by atoms with Crippen LogP contribution in [-0.2, 0) is 13.0 Å². The van der Waals surface area contributed by atoms with Crippen molar-refractivity contribution in [1.29, 1.82) is 0 Å². The topological polar surface area (TPSA) is 59.8 Å². The summed E-state index contributed by atoms with van der Waals surface area (Å²) in [5.74, 6) is 1.10. The molecule has 0 aliphatic carbocycles. The Labute approximate surface area is 246 Å².